The molecule has 1 aliphatic rings. The van der Waals surface area contributed by atoms with Crippen LogP contribution in [0, 0.1) is 6.92 Å². The summed E-state index contributed by atoms with van der Waals surface area (Å²) < 4.78 is 5.23. The molecule has 0 spiro atoms. The Hall–Kier alpha value is -2.68. The number of hydrogen-bond acceptors (Lipinski definition) is 6. The summed E-state index contributed by atoms with van der Waals surface area (Å²) in [5, 5.41) is 3.41. The quantitative estimate of drug-likeness (QED) is 0.779. The predicted molar refractivity (Wildman–Crippen MR) is 105 cm³/mol. The van der Waals surface area contributed by atoms with Gasteiger partial charge in [-0.05, 0) is 25.8 Å². The van der Waals surface area contributed by atoms with Gasteiger partial charge in [0.1, 0.15) is 5.76 Å². The lowest BCUT2D eigenvalue weighted by Gasteiger charge is -2.14. The average molecular weight is 392 g/mol. The molecule has 9 heteroatoms. The third-order valence-electron chi connectivity index (χ3n) is 4.02. The van der Waals surface area contributed by atoms with Crippen LogP contribution < -0.4 is 16.7 Å². The molecule has 1 fully saturated rings. The number of hydrogen-bond donors (Lipinski definition) is 2. The summed E-state index contributed by atoms with van der Waals surface area (Å²) in [6, 6.07) is 3.24. The van der Waals surface area contributed by atoms with E-state index in [1.165, 1.54) is 17.4 Å². The first-order valence-electron chi connectivity index (χ1n) is 8.70. The van der Waals surface area contributed by atoms with Crippen LogP contribution in [0.15, 0.2) is 21.3 Å². The number of carbonyl (C=O) groups excluding carboxylic acids is 2. The van der Waals surface area contributed by atoms with Gasteiger partial charge in [0.05, 0.1) is 10.6 Å². The SMILES string of the molecule is Cc1nc(NC(=O)N2CCCC2)sc1-c1cc(C(C)C)oc(=O)c1.NC=O. The number of likely N-dealkylation sites (tertiary alicyclic amines) is 1. The second-order valence-corrected chi connectivity index (χ2v) is 7.42. The maximum absolute atomic E-state index is 12.2. The largest absolute Gasteiger partial charge is 0.428 e. The Morgan fingerprint density at radius 3 is 2.59 bits per heavy atom. The van der Waals surface area contributed by atoms with E-state index in [-0.39, 0.29) is 24.0 Å². The number of aryl methyl sites for hydroxylation is 1. The Morgan fingerprint density at radius 1 is 1.37 bits per heavy atom. The zero-order valence-electron chi connectivity index (χ0n) is 15.7. The fourth-order valence-electron chi connectivity index (χ4n) is 2.72. The van der Waals surface area contributed by atoms with Gasteiger partial charge in [0.15, 0.2) is 5.13 Å². The van der Waals surface area contributed by atoms with Gasteiger partial charge < -0.3 is 15.1 Å². The van der Waals surface area contributed by atoms with Crippen LogP contribution in [0.25, 0.3) is 10.4 Å². The van der Waals surface area contributed by atoms with Crippen molar-refractivity contribution in [3.63, 3.8) is 0 Å². The second-order valence-electron chi connectivity index (χ2n) is 6.42. The van der Waals surface area contributed by atoms with Crippen LogP contribution in [0.2, 0.25) is 0 Å². The molecule has 27 heavy (non-hydrogen) atoms. The summed E-state index contributed by atoms with van der Waals surface area (Å²) in [5.74, 6) is 0.771. The smallest absolute Gasteiger partial charge is 0.336 e. The van der Waals surface area contributed by atoms with Crippen LogP contribution in [-0.2, 0) is 4.79 Å². The second kappa shape index (κ2) is 9.31. The van der Waals surface area contributed by atoms with E-state index in [0.29, 0.717) is 10.9 Å². The normalized spacial score (nSPS) is 13.3. The molecular weight excluding hydrogens is 368 g/mol. The summed E-state index contributed by atoms with van der Waals surface area (Å²) in [6.45, 7) is 7.41. The van der Waals surface area contributed by atoms with Crippen molar-refractivity contribution in [3.05, 3.63) is 34.0 Å². The molecule has 8 nitrogen and oxygen atoms in total. The number of rotatable bonds is 3. The summed E-state index contributed by atoms with van der Waals surface area (Å²) >= 11 is 1.38. The molecule has 3 heterocycles. The molecule has 0 radical (unpaired) electrons. The molecule has 1 saturated heterocycles. The molecule has 2 aromatic heterocycles. The van der Waals surface area contributed by atoms with Gasteiger partial charge in [0, 0.05) is 30.6 Å². The first-order valence-corrected chi connectivity index (χ1v) is 9.51. The highest BCUT2D eigenvalue weighted by atomic mass is 32.1. The third kappa shape index (κ3) is 5.40. The number of nitrogens with two attached hydrogens (primary N) is 1. The van der Waals surface area contributed by atoms with E-state index in [0.717, 1.165) is 42.1 Å². The number of aromatic nitrogens is 1. The molecule has 3 rings (SSSR count). The Labute approximate surface area is 161 Å². The van der Waals surface area contributed by atoms with E-state index < -0.39 is 0 Å². The summed E-state index contributed by atoms with van der Waals surface area (Å²) in [5.41, 5.74) is 5.37. The number of carbonyl (C=O) groups is 2. The van der Waals surface area contributed by atoms with Crippen LogP contribution in [-0.4, -0.2) is 35.4 Å². The van der Waals surface area contributed by atoms with Crippen LogP contribution in [0.1, 0.15) is 44.1 Å². The molecule has 2 aromatic rings. The van der Waals surface area contributed by atoms with E-state index in [1.807, 2.05) is 26.8 Å². The van der Waals surface area contributed by atoms with Crippen molar-refractivity contribution in [2.45, 2.75) is 39.5 Å². The molecule has 146 valence electrons. The monoisotopic (exact) mass is 392 g/mol. The predicted octanol–water partition coefficient (Wildman–Crippen LogP) is 2.92. The summed E-state index contributed by atoms with van der Waals surface area (Å²) in [4.78, 5) is 39.7. The van der Waals surface area contributed by atoms with Crippen LogP contribution >= 0.6 is 11.3 Å². The minimum absolute atomic E-state index is 0.108. The van der Waals surface area contributed by atoms with Crippen molar-refractivity contribution in [1.82, 2.24) is 9.88 Å². The third-order valence-corrected chi connectivity index (χ3v) is 5.15. The van der Waals surface area contributed by atoms with Gasteiger partial charge in [-0.15, -0.1) is 0 Å². The number of nitrogens with one attached hydrogen (secondary N) is 1. The molecule has 1 aliphatic heterocycles. The molecule has 0 unspecified atom stereocenters. The van der Waals surface area contributed by atoms with Crippen LogP contribution in [0.3, 0.4) is 0 Å². The summed E-state index contributed by atoms with van der Waals surface area (Å²) in [7, 11) is 0. The Bertz CT molecular complexity index is 853. The average Bonchev–Trinajstić information content (AvgIpc) is 3.25. The maximum Gasteiger partial charge on any atom is 0.336 e. The van der Waals surface area contributed by atoms with Crippen molar-refractivity contribution in [2.24, 2.45) is 5.73 Å². The van der Waals surface area contributed by atoms with Gasteiger partial charge in [-0.25, -0.2) is 14.6 Å². The van der Waals surface area contributed by atoms with Gasteiger partial charge >= 0.3 is 11.7 Å². The van der Waals surface area contributed by atoms with Gasteiger partial charge in [-0.3, -0.25) is 10.1 Å². The number of primary amides is 1. The Balaban J connectivity index is 0.000000817. The molecule has 0 atom stereocenters. The topological polar surface area (TPSA) is 119 Å². The van der Waals surface area contributed by atoms with E-state index in [9.17, 15) is 9.59 Å². The number of urea groups is 1. The van der Waals surface area contributed by atoms with Gasteiger partial charge in [0.2, 0.25) is 6.41 Å². The van der Waals surface area contributed by atoms with Gasteiger partial charge in [-0.1, -0.05) is 25.2 Å². The lowest BCUT2D eigenvalue weighted by Crippen LogP contribution is -2.32. The highest BCUT2D eigenvalue weighted by Crippen LogP contribution is 2.33. The molecule has 0 aromatic carbocycles. The fraction of sp³-hybridized carbons (Fsp3) is 0.444. The van der Waals surface area contributed by atoms with Crippen molar-refractivity contribution in [3.8, 4) is 10.4 Å². The number of anilines is 1. The van der Waals surface area contributed by atoms with Crippen LogP contribution in [0.5, 0.6) is 0 Å². The number of nitrogens with zero attached hydrogens (tertiary/aromatic N) is 2. The van der Waals surface area contributed by atoms with E-state index in [2.05, 4.69) is 16.0 Å². The first kappa shape index (κ1) is 20.6. The van der Waals surface area contributed by atoms with E-state index >= 15 is 0 Å². The van der Waals surface area contributed by atoms with Crippen molar-refractivity contribution >= 4 is 28.9 Å². The Kier molecular flexibility index (Phi) is 7.12. The minimum atomic E-state index is -0.369. The summed E-state index contributed by atoms with van der Waals surface area (Å²) in [6.07, 6.45) is 2.35. The maximum atomic E-state index is 12.2. The van der Waals surface area contributed by atoms with Crippen molar-refractivity contribution in [2.75, 3.05) is 18.4 Å². The minimum Gasteiger partial charge on any atom is -0.428 e. The molecule has 0 aliphatic carbocycles. The number of thiazole rings is 1. The van der Waals surface area contributed by atoms with E-state index in [1.54, 1.807) is 4.90 Å². The lowest BCUT2D eigenvalue weighted by atomic mass is 10.1. The van der Waals surface area contributed by atoms with Gasteiger partial charge in [0.25, 0.3) is 0 Å². The molecule has 0 saturated carbocycles. The molecule has 0 bridgehead atoms. The standard InChI is InChI=1S/C17H21N3O3S.CH3NO/c1-10(2)13-8-12(9-14(21)23-13)15-11(3)18-16(24-15)19-17(22)20-6-4-5-7-20;2-1-3/h8-10H,4-7H2,1-3H3,(H,18,19,22);1H,(H2,2,3). The van der Waals surface area contributed by atoms with Gasteiger partial charge in [-0.2, -0.15) is 0 Å². The number of amides is 3. The van der Waals surface area contributed by atoms with Crippen LogP contribution in [0.4, 0.5) is 9.93 Å². The molecule has 3 amide bonds. The van der Waals surface area contributed by atoms with E-state index in [4.69, 9.17) is 9.21 Å². The van der Waals surface area contributed by atoms with Crippen molar-refractivity contribution < 1.29 is 14.0 Å². The zero-order valence-corrected chi connectivity index (χ0v) is 16.5. The fourth-order valence-corrected chi connectivity index (χ4v) is 3.66. The Morgan fingerprint density at radius 2 is 2.00 bits per heavy atom. The lowest BCUT2D eigenvalue weighted by molar-refractivity contribution is -0.106. The first-order chi connectivity index (χ1) is 12.8. The molecule has 3 N–H and O–H groups in total. The zero-order chi connectivity index (χ0) is 20.0. The highest BCUT2D eigenvalue weighted by Gasteiger charge is 2.20. The van der Waals surface area contributed by atoms with Crippen molar-refractivity contribution in [1.29, 1.82) is 0 Å². The highest BCUT2D eigenvalue weighted by molar-refractivity contribution is 7.19. The molecular formula is C18H24N4O4S.